The average molecular weight is 346 g/mol. The molecule has 6 heteroatoms. The molecule has 1 aromatic carbocycles. The lowest BCUT2D eigenvalue weighted by Gasteiger charge is -2.52. The zero-order chi connectivity index (χ0) is 17.9. The molecule has 0 bridgehead atoms. The molecule has 0 atom stereocenters. The molecule has 0 unspecified atom stereocenters. The highest BCUT2D eigenvalue weighted by atomic mass is 16.5. The van der Waals surface area contributed by atoms with Gasteiger partial charge in [0.2, 0.25) is 0 Å². The number of hydrogen-bond acceptors (Lipinski definition) is 4. The van der Waals surface area contributed by atoms with Crippen molar-refractivity contribution in [2.45, 2.75) is 37.6 Å². The van der Waals surface area contributed by atoms with Gasteiger partial charge in [-0.3, -0.25) is 4.79 Å². The molecule has 1 aliphatic heterocycles. The van der Waals surface area contributed by atoms with Gasteiger partial charge in [0.1, 0.15) is 5.75 Å². The summed E-state index contributed by atoms with van der Waals surface area (Å²) in [6.07, 6.45) is 5.76. The van der Waals surface area contributed by atoms with Gasteiger partial charge in [0.05, 0.1) is 5.54 Å². The molecule has 1 heterocycles. The van der Waals surface area contributed by atoms with Gasteiger partial charge < -0.3 is 19.6 Å². The quantitative estimate of drug-likeness (QED) is 0.905. The van der Waals surface area contributed by atoms with Crippen molar-refractivity contribution in [2.24, 2.45) is 0 Å². The van der Waals surface area contributed by atoms with Gasteiger partial charge in [-0.15, -0.1) is 0 Å². The molecule has 2 aliphatic rings. The van der Waals surface area contributed by atoms with Crippen LogP contribution in [-0.2, 0) is 4.79 Å². The Labute approximate surface area is 148 Å². The van der Waals surface area contributed by atoms with Crippen molar-refractivity contribution in [3.63, 3.8) is 0 Å². The maximum atomic E-state index is 13.1. The Morgan fingerprint density at radius 3 is 2.44 bits per heavy atom. The third-order valence-corrected chi connectivity index (χ3v) is 5.34. The summed E-state index contributed by atoms with van der Waals surface area (Å²) in [5.74, 6) is -0.485. The van der Waals surface area contributed by atoms with Crippen molar-refractivity contribution in [2.75, 3.05) is 33.3 Å². The van der Waals surface area contributed by atoms with E-state index in [1.807, 2.05) is 0 Å². The van der Waals surface area contributed by atoms with Crippen LogP contribution in [0.4, 0.5) is 0 Å². The highest BCUT2D eigenvalue weighted by Crippen LogP contribution is 2.37. The molecular weight excluding hydrogens is 320 g/mol. The SMILES string of the molecule is CN1CCN(C(=O)c2ccc(OCC(=O)O)cc2)C2(CCCCC2)C1. The maximum Gasteiger partial charge on any atom is 0.341 e. The van der Waals surface area contributed by atoms with Crippen molar-refractivity contribution in [3.05, 3.63) is 29.8 Å². The number of likely N-dealkylation sites (N-methyl/N-ethyl adjacent to an activating group) is 1. The fourth-order valence-corrected chi connectivity index (χ4v) is 4.12. The Morgan fingerprint density at radius 1 is 1.12 bits per heavy atom. The van der Waals surface area contributed by atoms with E-state index in [9.17, 15) is 9.59 Å². The van der Waals surface area contributed by atoms with Crippen LogP contribution in [0.5, 0.6) is 5.75 Å². The number of hydrogen-bond donors (Lipinski definition) is 1. The summed E-state index contributed by atoms with van der Waals surface area (Å²) in [7, 11) is 2.13. The van der Waals surface area contributed by atoms with Crippen LogP contribution in [0.3, 0.4) is 0 Å². The lowest BCUT2D eigenvalue weighted by molar-refractivity contribution is -0.139. The Morgan fingerprint density at radius 2 is 1.80 bits per heavy atom. The Hall–Kier alpha value is -2.08. The molecule has 6 nitrogen and oxygen atoms in total. The fourth-order valence-electron chi connectivity index (χ4n) is 4.12. The zero-order valence-corrected chi connectivity index (χ0v) is 14.7. The van der Waals surface area contributed by atoms with E-state index in [1.54, 1.807) is 24.3 Å². The van der Waals surface area contributed by atoms with Crippen molar-refractivity contribution < 1.29 is 19.4 Å². The zero-order valence-electron chi connectivity index (χ0n) is 14.7. The van der Waals surface area contributed by atoms with Gasteiger partial charge >= 0.3 is 5.97 Å². The molecule has 3 rings (SSSR count). The van der Waals surface area contributed by atoms with Crippen LogP contribution in [-0.4, -0.2) is 65.6 Å². The van der Waals surface area contributed by atoms with Gasteiger partial charge in [-0.1, -0.05) is 19.3 Å². The maximum absolute atomic E-state index is 13.1. The van der Waals surface area contributed by atoms with E-state index in [1.165, 1.54) is 19.3 Å². The van der Waals surface area contributed by atoms with Crippen LogP contribution in [0, 0.1) is 0 Å². The number of rotatable bonds is 4. The van der Waals surface area contributed by atoms with E-state index >= 15 is 0 Å². The van der Waals surface area contributed by atoms with Crippen LogP contribution in [0.15, 0.2) is 24.3 Å². The molecule has 1 aromatic rings. The number of nitrogens with zero attached hydrogens (tertiary/aromatic N) is 2. The number of carboxylic acid groups (broad SMARTS) is 1. The minimum Gasteiger partial charge on any atom is -0.482 e. The minimum atomic E-state index is -1.02. The Balaban J connectivity index is 1.75. The van der Waals surface area contributed by atoms with Crippen molar-refractivity contribution in [1.29, 1.82) is 0 Å². The second-order valence-electron chi connectivity index (χ2n) is 7.19. The molecule has 0 radical (unpaired) electrons. The Bertz CT molecular complexity index is 623. The number of piperazine rings is 1. The molecule has 1 amide bonds. The summed E-state index contributed by atoms with van der Waals surface area (Å²) in [5, 5.41) is 8.66. The largest absolute Gasteiger partial charge is 0.482 e. The van der Waals surface area contributed by atoms with Gasteiger partial charge in [0.25, 0.3) is 5.91 Å². The molecule has 1 saturated heterocycles. The van der Waals surface area contributed by atoms with Gasteiger partial charge in [-0.2, -0.15) is 0 Å². The van der Waals surface area contributed by atoms with Gasteiger partial charge in [-0.05, 0) is 44.2 Å². The van der Waals surface area contributed by atoms with Gasteiger partial charge in [0, 0.05) is 25.2 Å². The summed E-state index contributed by atoms with van der Waals surface area (Å²) in [6.45, 7) is 2.22. The number of carbonyl (C=O) groups excluding carboxylic acids is 1. The molecular formula is C19H26N2O4. The van der Waals surface area contributed by atoms with Crippen molar-refractivity contribution in [1.82, 2.24) is 9.80 Å². The summed E-state index contributed by atoms with van der Waals surface area (Å²) in [6, 6.07) is 6.79. The fraction of sp³-hybridized carbons (Fsp3) is 0.579. The molecule has 2 fully saturated rings. The van der Waals surface area contributed by atoms with Crippen LogP contribution >= 0.6 is 0 Å². The third kappa shape index (κ3) is 3.95. The summed E-state index contributed by atoms with van der Waals surface area (Å²) >= 11 is 0. The van der Waals surface area contributed by atoms with E-state index in [-0.39, 0.29) is 18.1 Å². The first-order chi connectivity index (χ1) is 12.0. The number of amides is 1. The molecule has 1 saturated carbocycles. The Kier molecular flexibility index (Phi) is 5.27. The van der Waals surface area contributed by atoms with Crippen molar-refractivity contribution >= 4 is 11.9 Å². The summed E-state index contributed by atoms with van der Waals surface area (Å²) in [5.41, 5.74) is 0.595. The number of ether oxygens (including phenoxy) is 1. The molecule has 136 valence electrons. The van der Waals surface area contributed by atoms with Crippen LogP contribution < -0.4 is 4.74 Å². The topological polar surface area (TPSA) is 70.1 Å². The third-order valence-electron chi connectivity index (χ3n) is 5.34. The second-order valence-corrected chi connectivity index (χ2v) is 7.19. The lowest BCUT2D eigenvalue weighted by Crippen LogP contribution is -2.63. The normalized spacial score (nSPS) is 20.4. The van der Waals surface area contributed by atoms with Crippen LogP contribution in [0.1, 0.15) is 42.5 Å². The first kappa shape index (κ1) is 17.7. The van der Waals surface area contributed by atoms with E-state index in [0.717, 1.165) is 32.5 Å². The standard InChI is InChI=1S/C19H26N2O4/c1-20-11-12-21(19(14-20)9-3-2-4-10-19)18(24)15-5-7-16(8-6-15)25-13-17(22)23/h5-8H,2-4,9-14H2,1H3,(H,22,23). The minimum absolute atomic E-state index is 0.0409. The summed E-state index contributed by atoms with van der Waals surface area (Å²) in [4.78, 5) is 28.1. The number of carboxylic acids is 1. The molecule has 1 spiro atoms. The van der Waals surface area contributed by atoms with E-state index < -0.39 is 5.97 Å². The summed E-state index contributed by atoms with van der Waals surface area (Å²) < 4.78 is 5.14. The highest BCUT2D eigenvalue weighted by molar-refractivity contribution is 5.95. The lowest BCUT2D eigenvalue weighted by atomic mass is 9.78. The molecule has 1 N–H and O–H groups in total. The van der Waals surface area contributed by atoms with Gasteiger partial charge in [0.15, 0.2) is 6.61 Å². The van der Waals surface area contributed by atoms with E-state index in [0.29, 0.717) is 11.3 Å². The van der Waals surface area contributed by atoms with E-state index in [4.69, 9.17) is 9.84 Å². The smallest absolute Gasteiger partial charge is 0.341 e. The molecule has 0 aromatic heterocycles. The number of benzene rings is 1. The predicted molar refractivity (Wildman–Crippen MR) is 93.9 cm³/mol. The molecule has 25 heavy (non-hydrogen) atoms. The number of carbonyl (C=O) groups is 2. The predicted octanol–water partition coefficient (Wildman–Crippen LogP) is 2.24. The van der Waals surface area contributed by atoms with Crippen LogP contribution in [0.25, 0.3) is 0 Å². The monoisotopic (exact) mass is 346 g/mol. The first-order valence-electron chi connectivity index (χ1n) is 8.95. The van der Waals surface area contributed by atoms with Crippen LogP contribution in [0.2, 0.25) is 0 Å². The van der Waals surface area contributed by atoms with Gasteiger partial charge in [-0.25, -0.2) is 4.79 Å². The number of aliphatic carboxylic acids is 1. The highest BCUT2D eigenvalue weighted by Gasteiger charge is 2.43. The second kappa shape index (κ2) is 7.44. The van der Waals surface area contributed by atoms with Crippen molar-refractivity contribution in [3.8, 4) is 5.75 Å². The molecule has 1 aliphatic carbocycles. The average Bonchev–Trinajstić information content (AvgIpc) is 2.60. The first-order valence-corrected chi connectivity index (χ1v) is 8.95. The van der Waals surface area contributed by atoms with E-state index in [2.05, 4.69) is 16.8 Å².